The molecule has 1 atom stereocenters. The molecule has 0 spiro atoms. The summed E-state index contributed by atoms with van der Waals surface area (Å²) in [6.45, 7) is 6.44. The predicted octanol–water partition coefficient (Wildman–Crippen LogP) is 3.71. The van der Waals surface area contributed by atoms with Gasteiger partial charge in [-0.25, -0.2) is 9.37 Å². The number of carbonyl (C=O) groups is 1. The Bertz CT molecular complexity index is 1420. The number of carbonyl (C=O) groups excluding carboxylic acids is 1. The van der Waals surface area contributed by atoms with Crippen molar-refractivity contribution in [2.45, 2.75) is 38.8 Å². The zero-order valence-electron chi connectivity index (χ0n) is 22.8. The van der Waals surface area contributed by atoms with Crippen molar-refractivity contribution in [2.75, 3.05) is 54.4 Å². The first-order chi connectivity index (χ1) is 19.4. The van der Waals surface area contributed by atoms with Crippen LogP contribution in [0.1, 0.15) is 39.9 Å². The first-order valence-corrected chi connectivity index (χ1v) is 13.6. The maximum Gasteiger partial charge on any atom is 0.254 e. The van der Waals surface area contributed by atoms with Crippen LogP contribution in [0.3, 0.4) is 0 Å². The molecule has 8 nitrogen and oxygen atoms in total. The van der Waals surface area contributed by atoms with Crippen LogP contribution in [-0.2, 0) is 0 Å². The van der Waals surface area contributed by atoms with E-state index in [0.29, 0.717) is 24.2 Å². The minimum absolute atomic E-state index is 0.101. The van der Waals surface area contributed by atoms with Crippen molar-refractivity contribution in [1.29, 1.82) is 5.26 Å². The molecule has 206 valence electrons. The fourth-order valence-corrected chi connectivity index (χ4v) is 5.68. The molecule has 0 bridgehead atoms. The standard InChI is InChI=1S/C31H33FN6O2/c1-21-16-22(2)28(35-24-9-12-36(13-10-24)29-8-4-3-6-23(29)18-33)17-26(21)31(40)37-14-15-38(25(19-37)20-39)30-27(32)7-5-11-34-30/h5-8,11,16-17,24-25,35,39H,9-10,12-15,19-20H2,1-2H3/t25-/m0/s1. The molecule has 2 N–H and O–H groups in total. The number of rotatable bonds is 6. The molecule has 0 radical (unpaired) electrons. The normalized spacial score (nSPS) is 17.8. The Balaban J connectivity index is 1.26. The summed E-state index contributed by atoms with van der Waals surface area (Å²) in [6.07, 6.45) is 3.32. The van der Waals surface area contributed by atoms with Gasteiger partial charge in [0.2, 0.25) is 0 Å². The van der Waals surface area contributed by atoms with E-state index in [1.165, 1.54) is 18.3 Å². The number of aryl methyl sites for hydroxylation is 2. The summed E-state index contributed by atoms with van der Waals surface area (Å²) >= 11 is 0. The van der Waals surface area contributed by atoms with Crippen LogP contribution in [0, 0.1) is 43.1 Å². The largest absolute Gasteiger partial charge is 0.394 e. The fraction of sp³-hybridized carbons (Fsp3) is 0.387. The summed E-state index contributed by atoms with van der Waals surface area (Å²) in [5.41, 5.74) is 5.02. The Labute approximate surface area is 234 Å². The van der Waals surface area contributed by atoms with Crippen LogP contribution in [-0.4, -0.2) is 72.3 Å². The number of hydrogen-bond acceptors (Lipinski definition) is 7. The summed E-state index contributed by atoms with van der Waals surface area (Å²) in [5, 5.41) is 23.1. The topological polar surface area (TPSA) is 95.7 Å². The number of piperazine rings is 1. The summed E-state index contributed by atoms with van der Waals surface area (Å²) in [4.78, 5) is 23.5. The highest BCUT2D eigenvalue weighted by molar-refractivity contribution is 5.97. The van der Waals surface area contributed by atoms with Gasteiger partial charge >= 0.3 is 0 Å². The maximum absolute atomic E-state index is 14.4. The van der Waals surface area contributed by atoms with E-state index in [1.807, 2.05) is 32.0 Å². The average molecular weight is 541 g/mol. The van der Waals surface area contributed by atoms with Gasteiger partial charge in [0, 0.05) is 68.3 Å². The third kappa shape index (κ3) is 5.52. The molecule has 2 aromatic carbocycles. The Hall–Kier alpha value is -4.34. The number of piperidine rings is 1. The number of aliphatic hydroxyl groups is 1. The van der Waals surface area contributed by atoms with E-state index >= 15 is 0 Å². The molecule has 1 amide bonds. The van der Waals surface area contributed by atoms with Gasteiger partial charge in [0.15, 0.2) is 11.6 Å². The second-order valence-electron chi connectivity index (χ2n) is 10.5. The Morgan fingerprint density at radius 2 is 1.95 bits per heavy atom. The number of nitrogens with zero attached hydrogens (tertiary/aromatic N) is 5. The van der Waals surface area contributed by atoms with E-state index in [9.17, 15) is 19.6 Å². The van der Waals surface area contributed by atoms with E-state index in [4.69, 9.17) is 0 Å². The van der Waals surface area contributed by atoms with Crippen LogP contribution in [0.25, 0.3) is 0 Å². The number of aromatic nitrogens is 1. The minimum Gasteiger partial charge on any atom is -0.394 e. The van der Waals surface area contributed by atoms with Crippen LogP contribution >= 0.6 is 0 Å². The molecule has 9 heteroatoms. The molecule has 0 saturated carbocycles. The number of nitrogens with one attached hydrogen (secondary N) is 1. The Kier molecular flexibility index (Phi) is 8.04. The van der Waals surface area contributed by atoms with Gasteiger partial charge in [-0.05, 0) is 56.0 Å². The van der Waals surface area contributed by atoms with Crippen molar-refractivity contribution in [3.8, 4) is 6.07 Å². The van der Waals surface area contributed by atoms with Crippen molar-refractivity contribution in [3.63, 3.8) is 0 Å². The van der Waals surface area contributed by atoms with Crippen molar-refractivity contribution in [1.82, 2.24) is 9.88 Å². The molecule has 0 aliphatic carbocycles. The lowest BCUT2D eigenvalue weighted by atomic mass is 9.99. The lowest BCUT2D eigenvalue weighted by molar-refractivity contribution is 0.0697. The number of benzene rings is 1. The number of halogens is 1. The van der Waals surface area contributed by atoms with Gasteiger partial charge in [0.1, 0.15) is 6.07 Å². The van der Waals surface area contributed by atoms with E-state index in [1.54, 1.807) is 15.9 Å². The van der Waals surface area contributed by atoms with Crippen LogP contribution in [0.15, 0.2) is 42.6 Å². The van der Waals surface area contributed by atoms with E-state index < -0.39 is 11.9 Å². The monoisotopic (exact) mass is 540 g/mol. The molecule has 2 fully saturated rings. The molecular formula is C31H33FN6O2. The smallest absolute Gasteiger partial charge is 0.254 e. The molecule has 5 rings (SSSR count). The van der Waals surface area contributed by atoms with Crippen LogP contribution in [0.2, 0.25) is 0 Å². The third-order valence-electron chi connectivity index (χ3n) is 7.89. The number of nitriles is 1. The first kappa shape index (κ1) is 27.2. The molecule has 1 aromatic heterocycles. The zero-order valence-corrected chi connectivity index (χ0v) is 22.8. The van der Waals surface area contributed by atoms with Crippen LogP contribution in [0.5, 0.6) is 0 Å². The summed E-state index contributed by atoms with van der Waals surface area (Å²) in [7, 11) is 0. The first-order valence-electron chi connectivity index (χ1n) is 13.6. The number of pyridine rings is 1. The zero-order chi connectivity index (χ0) is 28.2. The van der Waals surface area contributed by atoms with Crippen molar-refractivity contribution >= 4 is 23.1 Å². The van der Waals surface area contributed by atoms with E-state index in [-0.39, 0.29) is 30.9 Å². The Morgan fingerprint density at radius 3 is 2.67 bits per heavy atom. The molecule has 2 aliphatic heterocycles. The quantitative estimate of drug-likeness (QED) is 0.492. The lowest BCUT2D eigenvalue weighted by Crippen LogP contribution is -2.56. The SMILES string of the molecule is Cc1cc(C)c(C(=O)N2CCN(c3ncccc3F)[C@H](CO)C2)cc1NC1CCN(c2cc#ccc2C#N)CC1. The van der Waals surface area contributed by atoms with E-state index in [2.05, 4.69) is 33.4 Å². The highest BCUT2D eigenvalue weighted by Gasteiger charge is 2.32. The second-order valence-corrected chi connectivity index (χ2v) is 10.5. The summed E-state index contributed by atoms with van der Waals surface area (Å²) in [6, 6.07) is 18.2. The van der Waals surface area contributed by atoms with Gasteiger partial charge < -0.3 is 25.1 Å². The summed E-state index contributed by atoms with van der Waals surface area (Å²) in [5.74, 6) is -0.343. The number of aliphatic hydroxyl groups excluding tert-OH is 1. The predicted molar refractivity (Wildman–Crippen MR) is 152 cm³/mol. The van der Waals surface area contributed by atoms with Gasteiger partial charge in [-0.2, -0.15) is 5.26 Å². The molecule has 2 saturated heterocycles. The average Bonchev–Trinajstić information content (AvgIpc) is 2.98. The van der Waals surface area contributed by atoms with Crippen molar-refractivity contribution in [2.24, 2.45) is 0 Å². The van der Waals surface area contributed by atoms with Gasteiger partial charge in [-0.3, -0.25) is 4.79 Å². The number of amides is 1. The van der Waals surface area contributed by atoms with Gasteiger partial charge in [0.25, 0.3) is 5.91 Å². The Morgan fingerprint density at radius 1 is 1.18 bits per heavy atom. The third-order valence-corrected chi connectivity index (χ3v) is 7.89. The second kappa shape index (κ2) is 11.8. The molecule has 3 aromatic rings. The molecular weight excluding hydrogens is 507 g/mol. The van der Waals surface area contributed by atoms with Gasteiger partial charge in [-0.1, -0.05) is 18.2 Å². The highest BCUT2D eigenvalue weighted by Crippen LogP contribution is 2.28. The highest BCUT2D eigenvalue weighted by atomic mass is 19.1. The maximum atomic E-state index is 14.4. The van der Waals surface area contributed by atoms with E-state index in [0.717, 1.165) is 48.4 Å². The van der Waals surface area contributed by atoms with Crippen molar-refractivity contribution in [3.05, 3.63) is 82.8 Å². The van der Waals surface area contributed by atoms with Gasteiger partial charge in [0.05, 0.1) is 23.9 Å². The molecule has 0 unspecified atom stereocenters. The van der Waals surface area contributed by atoms with Gasteiger partial charge in [-0.15, -0.1) is 0 Å². The molecule has 3 heterocycles. The summed E-state index contributed by atoms with van der Waals surface area (Å²) < 4.78 is 14.4. The molecule has 40 heavy (non-hydrogen) atoms. The van der Waals surface area contributed by atoms with Crippen LogP contribution < -0.4 is 15.1 Å². The number of anilines is 3. The van der Waals surface area contributed by atoms with Crippen LogP contribution in [0.4, 0.5) is 21.6 Å². The van der Waals surface area contributed by atoms with Crippen molar-refractivity contribution < 1.29 is 14.3 Å². The number of hydrogen-bond donors (Lipinski definition) is 2. The lowest BCUT2D eigenvalue weighted by Gasteiger charge is -2.41. The fourth-order valence-electron chi connectivity index (χ4n) is 5.68. The molecule has 2 aliphatic rings. The minimum atomic E-state index is -0.447.